The SMILES string of the molecule is CCNC(=NCc1cccc(C(=O)NC(C)CC)c1)NCC1CC(=O)Nc2ccccc21.I. The molecule has 2 aromatic carbocycles. The number of nitrogens with zero attached hydrogens (tertiary/aromatic N) is 1. The number of amides is 2. The molecule has 1 heterocycles. The molecule has 1 aliphatic rings. The Labute approximate surface area is 213 Å². The van der Waals surface area contributed by atoms with Crippen molar-refractivity contribution in [3.63, 3.8) is 0 Å². The van der Waals surface area contributed by atoms with E-state index in [4.69, 9.17) is 0 Å². The van der Waals surface area contributed by atoms with Gasteiger partial charge in [-0.25, -0.2) is 4.99 Å². The van der Waals surface area contributed by atoms with Gasteiger partial charge in [0.05, 0.1) is 6.54 Å². The quantitative estimate of drug-likeness (QED) is 0.222. The summed E-state index contributed by atoms with van der Waals surface area (Å²) >= 11 is 0. The van der Waals surface area contributed by atoms with Crippen molar-refractivity contribution in [2.75, 3.05) is 18.4 Å². The molecule has 0 bridgehead atoms. The van der Waals surface area contributed by atoms with Crippen LogP contribution in [0.15, 0.2) is 53.5 Å². The Morgan fingerprint density at radius 3 is 2.70 bits per heavy atom. The second-order valence-electron chi connectivity index (χ2n) is 8.10. The lowest BCUT2D eigenvalue weighted by Gasteiger charge is -2.26. The molecular weight excluding hydrogens is 529 g/mol. The van der Waals surface area contributed by atoms with Gasteiger partial charge in [-0.15, -0.1) is 24.0 Å². The highest BCUT2D eigenvalue weighted by Crippen LogP contribution is 2.31. The molecular formula is C25H34IN5O2. The van der Waals surface area contributed by atoms with Crippen LogP contribution in [0.2, 0.25) is 0 Å². The van der Waals surface area contributed by atoms with Crippen LogP contribution in [0.1, 0.15) is 61.0 Å². The van der Waals surface area contributed by atoms with E-state index in [1.807, 2.05) is 63.2 Å². The van der Waals surface area contributed by atoms with E-state index in [0.29, 0.717) is 31.0 Å². The van der Waals surface area contributed by atoms with Crippen LogP contribution in [0.25, 0.3) is 0 Å². The van der Waals surface area contributed by atoms with Crippen molar-refractivity contribution >= 4 is 47.4 Å². The van der Waals surface area contributed by atoms with E-state index in [1.165, 1.54) is 0 Å². The number of fused-ring (bicyclic) bond motifs is 1. The second kappa shape index (κ2) is 13.2. The maximum absolute atomic E-state index is 12.4. The summed E-state index contributed by atoms with van der Waals surface area (Å²) in [6, 6.07) is 15.6. The number of para-hydroxylation sites is 1. The van der Waals surface area contributed by atoms with Crippen molar-refractivity contribution in [3.8, 4) is 0 Å². The Balaban J connectivity index is 0.00000385. The lowest BCUT2D eigenvalue weighted by Crippen LogP contribution is -2.40. The van der Waals surface area contributed by atoms with Crippen LogP contribution >= 0.6 is 24.0 Å². The van der Waals surface area contributed by atoms with Crippen molar-refractivity contribution < 1.29 is 9.59 Å². The number of rotatable bonds is 8. The summed E-state index contributed by atoms with van der Waals surface area (Å²) in [5.74, 6) is 0.733. The first-order valence-corrected chi connectivity index (χ1v) is 11.3. The van der Waals surface area contributed by atoms with Gasteiger partial charge in [0.15, 0.2) is 5.96 Å². The average Bonchev–Trinajstić information content (AvgIpc) is 2.80. The van der Waals surface area contributed by atoms with E-state index in [1.54, 1.807) is 0 Å². The molecule has 0 aromatic heterocycles. The number of carbonyl (C=O) groups excluding carboxylic acids is 2. The Morgan fingerprint density at radius 1 is 1.15 bits per heavy atom. The highest BCUT2D eigenvalue weighted by atomic mass is 127. The Hall–Kier alpha value is -2.62. The molecule has 2 unspecified atom stereocenters. The number of nitrogens with one attached hydrogen (secondary N) is 4. The highest BCUT2D eigenvalue weighted by molar-refractivity contribution is 14.0. The number of carbonyl (C=O) groups is 2. The van der Waals surface area contributed by atoms with Crippen LogP contribution in [-0.4, -0.2) is 36.9 Å². The Bertz CT molecular complexity index is 979. The van der Waals surface area contributed by atoms with Gasteiger partial charge in [-0.05, 0) is 49.6 Å². The van der Waals surface area contributed by atoms with Crippen LogP contribution in [-0.2, 0) is 11.3 Å². The summed E-state index contributed by atoms with van der Waals surface area (Å²) in [7, 11) is 0. The van der Waals surface area contributed by atoms with Crippen LogP contribution < -0.4 is 21.3 Å². The smallest absolute Gasteiger partial charge is 0.251 e. The summed E-state index contributed by atoms with van der Waals surface area (Å²) in [6.07, 6.45) is 1.33. The molecule has 0 radical (unpaired) electrons. The molecule has 178 valence electrons. The summed E-state index contributed by atoms with van der Waals surface area (Å²) < 4.78 is 0. The zero-order valence-corrected chi connectivity index (χ0v) is 21.8. The summed E-state index contributed by atoms with van der Waals surface area (Å²) in [4.78, 5) is 29.2. The number of halogens is 1. The zero-order chi connectivity index (χ0) is 22.9. The Kier molecular flexibility index (Phi) is 10.6. The van der Waals surface area contributed by atoms with Crippen molar-refractivity contribution in [2.45, 2.75) is 52.1 Å². The monoisotopic (exact) mass is 563 g/mol. The van der Waals surface area contributed by atoms with Crippen LogP contribution in [0.5, 0.6) is 0 Å². The first kappa shape index (κ1) is 26.6. The third-order valence-corrected chi connectivity index (χ3v) is 5.57. The van der Waals surface area contributed by atoms with Gasteiger partial charge in [-0.2, -0.15) is 0 Å². The van der Waals surface area contributed by atoms with Gasteiger partial charge in [0.1, 0.15) is 0 Å². The van der Waals surface area contributed by atoms with Gasteiger partial charge >= 0.3 is 0 Å². The lowest BCUT2D eigenvalue weighted by molar-refractivity contribution is -0.116. The first-order chi connectivity index (χ1) is 15.5. The van der Waals surface area contributed by atoms with Gasteiger partial charge < -0.3 is 21.3 Å². The fourth-order valence-corrected chi connectivity index (χ4v) is 3.64. The van der Waals surface area contributed by atoms with E-state index in [-0.39, 0.29) is 47.8 Å². The number of hydrogen-bond donors (Lipinski definition) is 4. The van der Waals surface area contributed by atoms with Gasteiger partial charge in [0.2, 0.25) is 5.91 Å². The standard InChI is InChI=1S/C25H33N5O2.HI/c1-4-17(3)29-24(32)19-10-8-9-18(13-19)15-27-25(26-5-2)28-16-20-14-23(31)30-22-12-7-6-11-21(20)22;/h6-13,17,20H,4-5,14-16H2,1-3H3,(H,29,32)(H,30,31)(H2,26,27,28);1H. The van der Waals surface area contributed by atoms with Crippen LogP contribution in [0, 0.1) is 0 Å². The van der Waals surface area contributed by atoms with Gasteiger partial charge in [0.25, 0.3) is 5.91 Å². The molecule has 2 aromatic rings. The first-order valence-electron chi connectivity index (χ1n) is 11.3. The van der Waals surface area contributed by atoms with E-state index in [2.05, 4.69) is 32.3 Å². The van der Waals surface area contributed by atoms with Gasteiger partial charge in [-0.3, -0.25) is 9.59 Å². The topological polar surface area (TPSA) is 94.6 Å². The average molecular weight is 563 g/mol. The molecule has 0 fully saturated rings. The van der Waals surface area contributed by atoms with E-state index >= 15 is 0 Å². The molecule has 33 heavy (non-hydrogen) atoms. The largest absolute Gasteiger partial charge is 0.357 e. The van der Waals surface area contributed by atoms with E-state index < -0.39 is 0 Å². The molecule has 7 nitrogen and oxygen atoms in total. The minimum absolute atomic E-state index is 0. The number of guanidine groups is 1. The third-order valence-electron chi connectivity index (χ3n) is 5.57. The normalized spacial score (nSPS) is 16.0. The zero-order valence-electron chi connectivity index (χ0n) is 19.5. The summed E-state index contributed by atoms with van der Waals surface area (Å²) in [6.45, 7) is 7.83. The fourth-order valence-electron chi connectivity index (χ4n) is 3.64. The summed E-state index contributed by atoms with van der Waals surface area (Å²) in [5, 5.41) is 12.6. The number of benzene rings is 2. The number of hydrogen-bond acceptors (Lipinski definition) is 3. The van der Waals surface area contributed by atoms with Gasteiger partial charge in [0, 0.05) is 42.7 Å². The molecule has 2 amide bonds. The minimum atomic E-state index is -0.0653. The van der Waals surface area contributed by atoms with E-state index in [9.17, 15) is 9.59 Å². The molecule has 0 spiro atoms. The molecule has 0 aliphatic carbocycles. The van der Waals surface area contributed by atoms with Crippen LogP contribution in [0.3, 0.4) is 0 Å². The van der Waals surface area contributed by atoms with Crippen molar-refractivity contribution in [2.24, 2.45) is 4.99 Å². The molecule has 0 saturated carbocycles. The van der Waals surface area contributed by atoms with Crippen molar-refractivity contribution in [1.29, 1.82) is 0 Å². The third kappa shape index (κ3) is 7.73. The van der Waals surface area contributed by atoms with Crippen molar-refractivity contribution in [3.05, 3.63) is 65.2 Å². The molecule has 1 aliphatic heterocycles. The fraction of sp³-hybridized carbons (Fsp3) is 0.400. The number of anilines is 1. The Morgan fingerprint density at radius 2 is 1.94 bits per heavy atom. The second-order valence-corrected chi connectivity index (χ2v) is 8.10. The van der Waals surface area contributed by atoms with Crippen LogP contribution in [0.4, 0.5) is 5.69 Å². The maximum atomic E-state index is 12.4. The lowest BCUT2D eigenvalue weighted by atomic mass is 9.90. The predicted octanol–water partition coefficient (Wildman–Crippen LogP) is 4.01. The van der Waals surface area contributed by atoms with E-state index in [0.717, 1.165) is 29.8 Å². The molecule has 0 saturated heterocycles. The molecule has 2 atom stereocenters. The van der Waals surface area contributed by atoms with Crippen molar-refractivity contribution in [1.82, 2.24) is 16.0 Å². The van der Waals surface area contributed by atoms with Gasteiger partial charge in [-0.1, -0.05) is 37.3 Å². The minimum Gasteiger partial charge on any atom is -0.357 e. The summed E-state index contributed by atoms with van der Waals surface area (Å²) in [5.41, 5.74) is 3.61. The molecule has 4 N–H and O–H groups in total. The molecule has 8 heteroatoms. The number of aliphatic imine (C=N–C) groups is 1. The molecule has 3 rings (SSSR count). The highest BCUT2D eigenvalue weighted by Gasteiger charge is 2.24. The predicted molar refractivity (Wildman–Crippen MR) is 144 cm³/mol. The maximum Gasteiger partial charge on any atom is 0.251 e.